The van der Waals surface area contributed by atoms with Gasteiger partial charge >= 0.3 is 5.97 Å². The highest BCUT2D eigenvalue weighted by Crippen LogP contribution is 2.24. The van der Waals surface area contributed by atoms with Gasteiger partial charge in [-0.15, -0.1) is 0 Å². The van der Waals surface area contributed by atoms with Crippen LogP contribution in [0.15, 0.2) is 30.3 Å². The molecule has 0 spiro atoms. The third-order valence-corrected chi connectivity index (χ3v) is 5.28. The second kappa shape index (κ2) is 8.37. The molecule has 1 aromatic rings. The molecule has 2 atom stereocenters. The first-order valence-corrected chi connectivity index (χ1v) is 9.41. The van der Waals surface area contributed by atoms with Crippen LogP contribution in [0.5, 0.6) is 0 Å². The Morgan fingerprint density at radius 2 is 1.92 bits per heavy atom. The summed E-state index contributed by atoms with van der Waals surface area (Å²) in [6.45, 7) is 5.58. The van der Waals surface area contributed by atoms with Gasteiger partial charge in [0.15, 0.2) is 0 Å². The molecule has 2 aliphatic rings. The number of carbonyl (C=O) groups excluding carboxylic acids is 2. The molecular weight excluding hydrogens is 316 g/mol. The van der Waals surface area contributed by atoms with Crippen molar-refractivity contribution in [1.29, 1.82) is 0 Å². The number of likely N-dealkylation sites (tertiary alicyclic amines) is 1. The number of carbonyl (C=O) groups is 2. The van der Waals surface area contributed by atoms with E-state index in [1.54, 1.807) is 0 Å². The van der Waals surface area contributed by atoms with E-state index in [9.17, 15) is 9.59 Å². The number of piperidine rings is 1. The second-order valence-corrected chi connectivity index (χ2v) is 7.10. The number of para-hydroxylation sites is 1. The van der Waals surface area contributed by atoms with Crippen molar-refractivity contribution in [1.82, 2.24) is 4.90 Å². The van der Waals surface area contributed by atoms with E-state index in [2.05, 4.69) is 29.2 Å². The first-order chi connectivity index (χ1) is 12.2. The number of amides is 1. The summed E-state index contributed by atoms with van der Waals surface area (Å²) in [4.78, 5) is 28.4. The maximum atomic E-state index is 12.4. The summed E-state index contributed by atoms with van der Waals surface area (Å²) in [7, 11) is 0. The lowest BCUT2D eigenvalue weighted by Crippen LogP contribution is -2.42. The summed E-state index contributed by atoms with van der Waals surface area (Å²) >= 11 is 0. The predicted octanol–water partition coefficient (Wildman–Crippen LogP) is 2.70. The molecule has 2 saturated heterocycles. The quantitative estimate of drug-likeness (QED) is 0.771. The standard InChI is InChI=1S/C20H28N2O3/c1-2-19(23)22-11-6-7-17(14-22)20(24)25-15-16-10-12-21(13-16)18-8-4-3-5-9-18/h3-5,8-9,16-17H,2,6-7,10-15H2,1H3/t16-,17-/m0/s1. The molecule has 0 N–H and O–H groups in total. The van der Waals surface area contributed by atoms with Gasteiger partial charge in [0.05, 0.1) is 12.5 Å². The van der Waals surface area contributed by atoms with Crippen LogP contribution >= 0.6 is 0 Å². The highest BCUT2D eigenvalue weighted by molar-refractivity contribution is 5.78. The van der Waals surface area contributed by atoms with Crippen LogP contribution in [0.2, 0.25) is 0 Å². The molecule has 2 fully saturated rings. The number of hydrogen-bond acceptors (Lipinski definition) is 4. The van der Waals surface area contributed by atoms with Gasteiger partial charge in [0.1, 0.15) is 0 Å². The fraction of sp³-hybridized carbons (Fsp3) is 0.600. The number of anilines is 1. The topological polar surface area (TPSA) is 49.9 Å². The largest absolute Gasteiger partial charge is 0.465 e. The van der Waals surface area contributed by atoms with Crippen molar-refractivity contribution in [2.45, 2.75) is 32.6 Å². The summed E-state index contributed by atoms with van der Waals surface area (Å²) in [6, 6.07) is 10.4. The van der Waals surface area contributed by atoms with Gasteiger partial charge in [-0.2, -0.15) is 0 Å². The Labute approximate surface area is 149 Å². The summed E-state index contributed by atoms with van der Waals surface area (Å²) in [5.41, 5.74) is 1.23. The first-order valence-electron chi connectivity index (χ1n) is 9.41. The predicted molar refractivity (Wildman–Crippen MR) is 97.3 cm³/mol. The van der Waals surface area contributed by atoms with E-state index in [1.807, 2.05) is 17.9 Å². The molecule has 0 unspecified atom stereocenters. The molecule has 0 radical (unpaired) electrons. The fourth-order valence-corrected chi connectivity index (χ4v) is 3.78. The van der Waals surface area contributed by atoms with Crippen LogP contribution in [0, 0.1) is 11.8 Å². The van der Waals surface area contributed by atoms with Crippen molar-refractivity contribution < 1.29 is 14.3 Å². The molecular formula is C20H28N2O3. The van der Waals surface area contributed by atoms with Crippen LogP contribution < -0.4 is 4.90 Å². The Morgan fingerprint density at radius 3 is 2.68 bits per heavy atom. The third-order valence-electron chi connectivity index (χ3n) is 5.28. The van der Waals surface area contributed by atoms with E-state index < -0.39 is 0 Å². The van der Waals surface area contributed by atoms with Crippen LogP contribution in [0.3, 0.4) is 0 Å². The van der Waals surface area contributed by atoms with Gasteiger partial charge in [-0.3, -0.25) is 9.59 Å². The lowest BCUT2D eigenvalue weighted by atomic mass is 9.98. The van der Waals surface area contributed by atoms with Crippen LogP contribution in [0.1, 0.15) is 32.6 Å². The van der Waals surface area contributed by atoms with Crippen LogP contribution in [0.4, 0.5) is 5.69 Å². The van der Waals surface area contributed by atoms with Crippen molar-refractivity contribution in [3.8, 4) is 0 Å². The summed E-state index contributed by atoms with van der Waals surface area (Å²) in [5, 5.41) is 0. The van der Waals surface area contributed by atoms with Crippen molar-refractivity contribution in [3.63, 3.8) is 0 Å². The minimum Gasteiger partial charge on any atom is -0.465 e. The molecule has 5 nitrogen and oxygen atoms in total. The van der Waals surface area contributed by atoms with Gasteiger partial charge in [0.25, 0.3) is 0 Å². The average Bonchev–Trinajstić information content (AvgIpc) is 3.15. The van der Waals surface area contributed by atoms with E-state index >= 15 is 0 Å². The molecule has 0 aliphatic carbocycles. The summed E-state index contributed by atoms with van der Waals surface area (Å²) < 4.78 is 5.61. The Hall–Kier alpha value is -2.04. The van der Waals surface area contributed by atoms with Crippen LogP contribution in [0.25, 0.3) is 0 Å². The van der Waals surface area contributed by atoms with Gasteiger partial charge < -0.3 is 14.5 Å². The molecule has 2 heterocycles. The first kappa shape index (κ1) is 17.8. The molecule has 3 rings (SSSR count). The van der Waals surface area contributed by atoms with E-state index in [-0.39, 0.29) is 17.8 Å². The number of esters is 1. The summed E-state index contributed by atoms with van der Waals surface area (Å²) in [6.07, 6.45) is 3.26. The highest BCUT2D eigenvalue weighted by Gasteiger charge is 2.30. The molecule has 136 valence electrons. The van der Waals surface area contributed by atoms with Crippen molar-refractivity contribution >= 4 is 17.6 Å². The van der Waals surface area contributed by atoms with Gasteiger partial charge in [-0.1, -0.05) is 25.1 Å². The van der Waals surface area contributed by atoms with E-state index in [4.69, 9.17) is 4.74 Å². The maximum Gasteiger partial charge on any atom is 0.310 e. The van der Waals surface area contributed by atoms with Crippen molar-refractivity contribution in [3.05, 3.63) is 30.3 Å². The Bertz CT molecular complexity index is 590. The number of rotatable bonds is 5. The third kappa shape index (κ3) is 4.53. The van der Waals surface area contributed by atoms with Gasteiger partial charge in [0.2, 0.25) is 5.91 Å². The second-order valence-electron chi connectivity index (χ2n) is 7.10. The highest BCUT2D eigenvalue weighted by atomic mass is 16.5. The molecule has 0 aromatic heterocycles. The van der Waals surface area contributed by atoms with E-state index in [0.29, 0.717) is 25.5 Å². The minimum absolute atomic E-state index is 0.131. The van der Waals surface area contributed by atoms with Gasteiger partial charge in [-0.25, -0.2) is 0 Å². The normalized spacial score (nSPS) is 23.6. The monoisotopic (exact) mass is 344 g/mol. The Kier molecular flexibility index (Phi) is 5.95. The van der Waals surface area contributed by atoms with Gasteiger partial charge in [0, 0.05) is 44.2 Å². The smallest absolute Gasteiger partial charge is 0.310 e. The SMILES string of the molecule is CCC(=O)N1CCC[C@H](C(=O)OC[C@H]2CCN(c3ccccc3)C2)C1. The minimum atomic E-state index is -0.157. The van der Waals surface area contributed by atoms with E-state index in [0.717, 1.165) is 38.9 Å². The average molecular weight is 344 g/mol. The number of hydrogen-bond donors (Lipinski definition) is 0. The number of benzene rings is 1. The van der Waals surface area contributed by atoms with Gasteiger partial charge in [-0.05, 0) is 31.4 Å². The Morgan fingerprint density at radius 1 is 1.12 bits per heavy atom. The Balaban J connectivity index is 1.44. The van der Waals surface area contributed by atoms with Crippen LogP contribution in [-0.4, -0.2) is 49.6 Å². The molecule has 0 saturated carbocycles. The molecule has 5 heteroatoms. The zero-order valence-electron chi connectivity index (χ0n) is 15.0. The lowest BCUT2D eigenvalue weighted by Gasteiger charge is -2.31. The zero-order chi connectivity index (χ0) is 17.6. The molecule has 2 aliphatic heterocycles. The van der Waals surface area contributed by atoms with Crippen molar-refractivity contribution in [2.75, 3.05) is 37.7 Å². The number of nitrogens with zero attached hydrogens (tertiary/aromatic N) is 2. The van der Waals surface area contributed by atoms with Crippen molar-refractivity contribution in [2.24, 2.45) is 11.8 Å². The lowest BCUT2D eigenvalue weighted by molar-refractivity contribution is -0.152. The van der Waals surface area contributed by atoms with E-state index in [1.165, 1.54) is 5.69 Å². The molecule has 25 heavy (non-hydrogen) atoms. The molecule has 1 aromatic carbocycles. The summed E-state index contributed by atoms with van der Waals surface area (Å²) in [5.74, 6) is 0.232. The number of ether oxygens (including phenoxy) is 1. The van der Waals surface area contributed by atoms with Crippen LogP contribution in [-0.2, 0) is 14.3 Å². The zero-order valence-corrected chi connectivity index (χ0v) is 15.0. The molecule has 0 bridgehead atoms. The molecule has 1 amide bonds. The fourth-order valence-electron chi connectivity index (χ4n) is 3.78. The maximum absolute atomic E-state index is 12.4.